The van der Waals surface area contributed by atoms with E-state index in [1.165, 1.54) is 0 Å². The summed E-state index contributed by atoms with van der Waals surface area (Å²) in [5.74, 6) is -1.99. The summed E-state index contributed by atoms with van der Waals surface area (Å²) in [6, 6.07) is 4.19. The molecule has 26 heavy (non-hydrogen) atoms. The number of carbonyl (C=O) groups excluding carboxylic acids is 4. The van der Waals surface area contributed by atoms with Crippen LogP contribution in [-0.4, -0.2) is 46.7 Å². The molecule has 0 spiro atoms. The van der Waals surface area contributed by atoms with Crippen molar-refractivity contribution in [2.45, 2.75) is 51.4 Å². The van der Waals surface area contributed by atoms with Crippen LogP contribution in [0, 0.1) is 0 Å². The van der Waals surface area contributed by atoms with Crippen molar-refractivity contribution >= 4 is 23.6 Å². The van der Waals surface area contributed by atoms with Gasteiger partial charge in [-0.15, -0.1) is 0 Å². The number of imide groups is 2. The number of benzene rings is 1. The first kappa shape index (κ1) is 18.2. The first-order valence-electron chi connectivity index (χ1n) is 8.63. The van der Waals surface area contributed by atoms with E-state index in [-0.39, 0.29) is 42.0 Å². The Labute approximate surface area is 151 Å². The van der Waals surface area contributed by atoms with Crippen LogP contribution in [-0.2, 0) is 16.1 Å². The van der Waals surface area contributed by atoms with Crippen molar-refractivity contribution in [3.63, 3.8) is 0 Å². The smallest absolute Gasteiger partial charge is 0.262 e. The molecule has 2 aliphatic rings. The van der Waals surface area contributed by atoms with E-state index in [2.05, 4.69) is 10.6 Å². The number of piperidine rings is 1. The number of nitrogens with zero attached hydrogens (tertiary/aromatic N) is 1. The molecule has 3 atom stereocenters. The van der Waals surface area contributed by atoms with Gasteiger partial charge in [-0.25, -0.2) is 0 Å². The standard InChI is InChI=1S/C18H22N4O4/c1-9(19)10(2)20-8-11-3-4-12-13(7-11)18(26)22(17(12)25)14-5-6-15(23)21-16(14)24/h3-4,7,9-10,14,20H,5-6,8,19H2,1-2H3,(H,21,23,24)/t9-,10+,14?/m1/s1. The lowest BCUT2D eigenvalue weighted by Crippen LogP contribution is -2.54. The summed E-state index contributed by atoms with van der Waals surface area (Å²) >= 11 is 0. The highest BCUT2D eigenvalue weighted by Crippen LogP contribution is 2.28. The van der Waals surface area contributed by atoms with Crippen LogP contribution >= 0.6 is 0 Å². The van der Waals surface area contributed by atoms with Crippen molar-refractivity contribution < 1.29 is 19.2 Å². The van der Waals surface area contributed by atoms with Crippen molar-refractivity contribution in [3.8, 4) is 0 Å². The molecule has 0 aromatic heterocycles. The van der Waals surface area contributed by atoms with Crippen LogP contribution in [0.25, 0.3) is 0 Å². The van der Waals surface area contributed by atoms with Gasteiger partial charge < -0.3 is 11.1 Å². The zero-order valence-electron chi connectivity index (χ0n) is 14.7. The van der Waals surface area contributed by atoms with Crippen LogP contribution in [0.1, 0.15) is 53.0 Å². The van der Waals surface area contributed by atoms with Gasteiger partial charge in [0.05, 0.1) is 11.1 Å². The molecule has 1 fully saturated rings. The van der Waals surface area contributed by atoms with Gasteiger partial charge in [0, 0.05) is 25.0 Å². The van der Waals surface area contributed by atoms with Gasteiger partial charge in [0.2, 0.25) is 11.8 Å². The van der Waals surface area contributed by atoms with Crippen LogP contribution < -0.4 is 16.4 Å². The molecule has 4 N–H and O–H groups in total. The summed E-state index contributed by atoms with van der Waals surface area (Å²) in [6.45, 7) is 4.38. The Morgan fingerprint density at radius 1 is 1.19 bits per heavy atom. The van der Waals surface area contributed by atoms with Crippen molar-refractivity contribution in [1.82, 2.24) is 15.5 Å². The molecule has 1 saturated heterocycles. The molecular formula is C18H22N4O4. The molecule has 3 rings (SSSR count). The number of fused-ring (bicyclic) bond motifs is 1. The van der Waals surface area contributed by atoms with E-state index in [1.807, 2.05) is 13.8 Å². The highest BCUT2D eigenvalue weighted by atomic mass is 16.2. The minimum absolute atomic E-state index is 0.0179. The van der Waals surface area contributed by atoms with Crippen molar-refractivity contribution in [2.24, 2.45) is 5.73 Å². The summed E-state index contributed by atoms with van der Waals surface area (Å²) in [5, 5.41) is 5.45. The number of nitrogens with two attached hydrogens (primary N) is 1. The van der Waals surface area contributed by atoms with E-state index in [0.717, 1.165) is 10.5 Å². The van der Waals surface area contributed by atoms with Gasteiger partial charge in [-0.05, 0) is 38.0 Å². The summed E-state index contributed by atoms with van der Waals surface area (Å²) in [5.41, 5.74) is 7.24. The zero-order chi connectivity index (χ0) is 19.0. The Morgan fingerprint density at radius 2 is 1.88 bits per heavy atom. The lowest BCUT2D eigenvalue weighted by atomic mass is 10.0. The quantitative estimate of drug-likeness (QED) is 0.633. The van der Waals surface area contributed by atoms with E-state index in [4.69, 9.17) is 5.73 Å². The van der Waals surface area contributed by atoms with Crippen LogP contribution in [0.5, 0.6) is 0 Å². The maximum absolute atomic E-state index is 12.7. The third-order valence-electron chi connectivity index (χ3n) is 4.92. The minimum atomic E-state index is -0.945. The van der Waals surface area contributed by atoms with Gasteiger partial charge in [-0.2, -0.15) is 0 Å². The third-order valence-corrected chi connectivity index (χ3v) is 4.92. The van der Waals surface area contributed by atoms with Gasteiger partial charge in [-0.3, -0.25) is 29.4 Å². The molecule has 1 aromatic rings. The first-order valence-corrected chi connectivity index (χ1v) is 8.63. The molecule has 2 heterocycles. The third kappa shape index (κ3) is 3.25. The maximum atomic E-state index is 12.7. The fraction of sp³-hybridized carbons (Fsp3) is 0.444. The normalized spacial score (nSPS) is 22.3. The molecule has 0 radical (unpaired) electrons. The molecule has 2 aliphatic heterocycles. The van der Waals surface area contributed by atoms with Gasteiger partial charge in [0.25, 0.3) is 11.8 Å². The van der Waals surface area contributed by atoms with E-state index >= 15 is 0 Å². The Bertz CT molecular complexity index is 789. The monoisotopic (exact) mass is 358 g/mol. The number of hydrogen-bond donors (Lipinski definition) is 3. The van der Waals surface area contributed by atoms with E-state index in [1.54, 1.807) is 18.2 Å². The van der Waals surface area contributed by atoms with Gasteiger partial charge in [0.15, 0.2) is 0 Å². The Morgan fingerprint density at radius 3 is 2.54 bits per heavy atom. The molecule has 4 amide bonds. The van der Waals surface area contributed by atoms with Crippen molar-refractivity contribution in [1.29, 1.82) is 0 Å². The Balaban J connectivity index is 1.79. The highest BCUT2D eigenvalue weighted by Gasteiger charge is 2.44. The molecule has 0 bridgehead atoms. The number of rotatable bonds is 5. The lowest BCUT2D eigenvalue weighted by molar-refractivity contribution is -0.136. The molecule has 1 aromatic carbocycles. The fourth-order valence-electron chi connectivity index (χ4n) is 3.09. The predicted octanol–water partition coefficient (Wildman–Crippen LogP) is -0.0869. The summed E-state index contributed by atoms with van der Waals surface area (Å²) in [6.07, 6.45) is 0.255. The van der Waals surface area contributed by atoms with Crippen LogP contribution in [0.4, 0.5) is 0 Å². The molecule has 8 heteroatoms. The number of carbonyl (C=O) groups is 4. The van der Waals surface area contributed by atoms with Crippen LogP contribution in [0.2, 0.25) is 0 Å². The molecule has 8 nitrogen and oxygen atoms in total. The Kier molecular flexibility index (Phi) is 4.88. The second-order valence-corrected chi connectivity index (χ2v) is 6.86. The Hall–Kier alpha value is -2.58. The fourth-order valence-corrected chi connectivity index (χ4v) is 3.09. The summed E-state index contributed by atoms with van der Waals surface area (Å²) in [7, 11) is 0. The maximum Gasteiger partial charge on any atom is 0.262 e. The van der Waals surface area contributed by atoms with Gasteiger partial charge in [-0.1, -0.05) is 6.07 Å². The molecule has 1 unspecified atom stereocenters. The largest absolute Gasteiger partial charge is 0.327 e. The average molecular weight is 358 g/mol. The first-order chi connectivity index (χ1) is 12.3. The lowest BCUT2D eigenvalue weighted by Gasteiger charge is -2.27. The van der Waals surface area contributed by atoms with Crippen molar-refractivity contribution in [2.75, 3.05) is 0 Å². The molecule has 0 saturated carbocycles. The van der Waals surface area contributed by atoms with E-state index < -0.39 is 23.8 Å². The van der Waals surface area contributed by atoms with Crippen LogP contribution in [0.3, 0.4) is 0 Å². The number of hydrogen-bond acceptors (Lipinski definition) is 6. The molecule has 138 valence electrons. The van der Waals surface area contributed by atoms with E-state index in [9.17, 15) is 19.2 Å². The van der Waals surface area contributed by atoms with Gasteiger partial charge >= 0.3 is 0 Å². The average Bonchev–Trinajstić information content (AvgIpc) is 2.84. The SMILES string of the molecule is C[C@H](NCc1ccc2c(c1)C(=O)N(C1CCC(=O)NC1=O)C2=O)[C@@H](C)N. The predicted molar refractivity (Wildman–Crippen MR) is 93.1 cm³/mol. The topological polar surface area (TPSA) is 122 Å². The summed E-state index contributed by atoms with van der Waals surface area (Å²) < 4.78 is 0. The molecular weight excluding hydrogens is 336 g/mol. The number of amides is 4. The second kappa shape index (κ2) is 6.97. The van der Waals surface area contributed by atoms with Gasteiger partial charge in [0.1, 0.15) is 6.04 Å². The zero-order valence-corrected chi connectivity index (χ0v) is 14.7. The second-order valence-electron chi connectivity index (χ2n) is 6.86. The molecule has 0 aliphatic carbocycles. The van der Waals surface area contributed by atoms with Crippen LogP contribution in [0.15, 0.2) is 18.2 Å². The minimum Gasteiger partial charge on any atom is -0.327 e. The van der Waals surface area contributed by atoms with Crippen molar-refractivity contribution in [3.05, 3.63) is 34.9 Å². The highest BCUT2D eigenvalue weighted by molar-refractivity contribution is 6.23. The summed E-state index contributed by atoms with van der Waals surface area (Å²) in [4.78, 5) is 49.6. The van der Waals surface area contributed by atoms with E-state index in [0.29, 0.717) is 6.54 Å². The number of nitrogens with one attached hydrogen (secondary N) is 2.